The molecular formula is C10H17F3OS. The molecule has 1 rings (SSSR count). The molecule has 2 atom stereocenters. The normalized spacial score (nSPS) is 28.4. The lowest BCUT2D eigenvalue weighted by atomic mass is 9.88. The second-order valence-corrected chi connectivity index (χ2v) is 6.41. The monoisotopic (exact) mass is 242 g/mol. The highest BCUT2D eigenvalue weighted by molar-refractivity contribution is 8.00. The van der Waals surface area contributed by atoms with Crippen molar-refractivity contribution in [1.29, 1.82) is 0 Å². The van der Waals surface area contributed by atoms with Crippen molar-refractivity contribution in [2.45, 2.75) is 51.3 Å². The van der Waals surface area contributed by atoms with Crippen molar-refractivity contribution in [1.82, 2.24) is 0 Å². The van der Waals surface area contributed by atoms with E-state index < -0.39 is 12.5 Å². The molecule has 0 aliphatic carbocycles. The molecule has 0 aromatic heterocycles. The first-order chi connectivity index (χ1) is 6.67. The summed E-state index contributed by atoms with van der Waals surface area (Å²) in [5.41, 5.74) is 0.0508. The largest absolute Gasteiger partial charge is 0.522 e. The molecule has 1 saturated heterocycles. The first-order valence-electron chi connectivity index (χ1n) is 5.03. The predicted octanol–water partition coefficient (Wildman–Crippen LogP) is 3.83. The maximum atomic E-state index is 12.1. The summed E-state index contributed by atoms with van der Waals surface area (Å²) < 4.78 is 40.4. The van der Waals surface area contributed by atoms with E-state index in [-0.39, 0.29) is 10.7 Å². The van der Waals surface area contributed by atoms with Gasteiger partial charge in [0.1, 0.15) is 0 Å². The molecule has 1 aliphatic heterocycles. The topological polar surface area (TPSA) is 9.23 Å². The van der Waals surface area contributed by atoms with Gasteiger partial charge < -0.3 is 0 Å². The Labute approximate surface area is 92.8 Å². The summed E-state index contributed by atoms with van der Waals surface area (Å²) in [5.74, 6) is 0.765. The summed E-state index contributed by atoms with van der Waals surface area (Å²) in [7, 11) is 0. The van der Waals surface area contributed by atoms with E-state index in [0.29, 0.717) is 6.42 Å². The van der Waals surface area contributed by atoms with Crippen molar-refractivity contribution in [3.05, 3.63) is 0 Å². The average Bonchev–Trinajstić information content (AvgIpc) is 2.29. The van der Waals surface area contributed by atoms with Crippen LogP contribution in [0.1, 0.15) is 33.6 Å². The Morgan fingerprint density at radius 2 is 1.87 bits per heavy atom. The zero-order valence-electron chi connectivity index (χ0n) is 9.23. The fraction of sp³-hybridized carbons (Fsp3) is 1.00. The maximum absolute atomic E-state index is 12.1. The van der Waals surface area contributed by atoms with Crippen LogP contribution in [0, 0.1) is 5.41 Å². The number of ether oxygens (including phenoxy) is 1. The minimum Gasteiger partial charge on any atom is -0.287 e. The van der Waals surface area contributed by atoms with E-state index in [4.69, 9.17) is 0 Å². The Hall–Kier alpha value is 0.100. The quantitative estimate of drug-likeness (QED) is 0.727. The van der Waals surface area contributed by atoms with E-state index >= 15 is 0 Å². The first kappa shape index (κ1) is 13.2. The van der Waals surface area contributed by atoms with Gasteiger partial charge in [-0.2, -0.15) is 11.8 Å². The summed E-state index contributed by atoms with van der Waals surface area (Å²) in [6, 6.07) is 0. The van der Waals surface area contributed by atoms with Crippen LogP contribution in [0.2, 0.25) is 0 Å². The minimum absolute atomic E-state index is 0.0216. The molecule has 1 heterocycles. The molecule has 0 spiro atoms. The van der Waals surface area contributed by atoms with E-state index in [2.05, 4.69) is 4.74 Å². The standard InChI is InChI=1S/C10H17F3OS/c1-9(2,3)6-8-7(4-5-15-8)14-10(11,12)13/h7-8H,4-6H2,1-3H3. The Morgan fingerprint density at radius 1 is 1.27 bits per heavy atom. The van der Waals surface area contributed by atoms with Crippen molar-refractivity contribution in [3.8, 4) is 0 Å². The van der Waals surface area contributed by atoms with Crippen LogP contribution >= 0.6 is 11.8 Å². The smallest absolute Gasteiger partial charge is 0.287 e. The lowest BCUT2D eigenvalue weighted by molar-refractivity contribution is -0.342. The average molecular weight is 242 g/mol. The van der Waals surface area contributed by atoms with E-state index in [0.717, 1.165) is 12.2 Å². The molecule has 1 aliphatic rings. The number of halogens is 3. The third-order valence-electron chi connectivity index (χ3n) is 2.25. The van der Waals surface area contributed by atoms with Gasteiger partial charge in [-0.1, -0.05) is 20.8 Å². The van der Waals surface area contributed by atoms with Gasteiger partial charge >= 0.3 is 6.36 Å². The zero-order valence-corrected chi connectivity index (χ0v) is 10.0. The van der Waals surface area contributed by atoms with Crippen molar-refractivity contribution >= 4 is 11.8 Å². The van der Waals surface area contributed by atoms with Crippen LogP contribution < -0.4 is 0 Å². The van der Waals surface area contributed by atoms with Crippen LogP contribution in [-0.4, -0.2) is 23.5 Å². The second kappa shape index (κ2) is 4.53. The van der Waals surface area contributed by atoms with E-state index in [9.17, 15) is 13.2 Å². The molecule has 0 aromatic carbocycles. The molecule has 2 unspecified atom stereocenters. The second-order valence-electron chi connectivity index (χ2n) is 5.06. The molecule has 1 nitrogen and oxygen atoms in total. The lowest BCUT2D eigenvalue weighted by Gasteiger charge is -2.27. The Balaban J connectivity index is 2.50. The van der Waals surface area contributed by atoms with Crippen LogP contribution in [0.3, 0.4) is 0 Å². The molecular weight excluding hydrogens is 225 g/mol. The first-order valence-corrected chi connectivity index (χ1v) is 6.08. The summed E-state index contributed by atoms with van der Waals surface area (Å²) >= 11 is 1.59. The molecule has 0 radical (unpaired) electrons. The fourth-order valence-electron chi connectivity index (χ4n) is 1.73. The molecule has 0 saturated carbocycles. The van der Waals surface area contributed by atoms with Gasteiger partial charge in [-0.15, -0.1) is 13.2 Å². The zero-order chi connectivity index (χ0) is 11.7. The SMILES string of the molecule is CC(C)(C)CC1SCCC1OC(F)(F)F. The third kappa shape index (κ3) is 5.11. The molecule has 0 aromatic rings. The van der Waals surface area contributed by atoms with Gasteiger partial charge in [0.05, 0.1) is 6.10 Å². The molecule has 15 heavy (non-hydrogen) atoms. The van der Waals surface area contributed by atoms with Crippen LogP contribution in [0.4, 0.5) is 13.2 Å². The van der Waals surface area contributed by atoms with Gasteiger partial charge in [-0.3, -0.25) is 4.74 Å². The van der Waals surface area contributed by atoms with Crippen LogP contribution in [0.25, 0.3) is 0 Å². The molecule has 0 N–H and O–H groups in total. The molecule has 0 bridgehead atoms. The van der Waals surface area contributed by atoms with Crippen molar-refractivity contribution in [3.63, 3.8) is 0 Å². The number of rotatable bonds is 2. The number of hydrogen-bond acceptors (Lipinski definition) is 2. The van der Waals surface area contributed by atoms with Crippen molar-refractivity contribution in [2.24, 2.45) is 5.41 Å². The fourth-order valence-corrected chi connectivity index (χ4v) is 3.42. The molecule has 0 amide bonds. The maximum Gasteiger partial charge on any atom is 0.522 e. The highest BCUT2D eigenvalue weighted by Crippen LogP contribution is 2.39. The Morgan fingerprint density at radius 3 is 2.33 bits per heavy atom. The number of hydrogen-bond donors (Lipinski definition) is 0. The van der Waals surface area contributed by atoms with E-state index in [1.54, 1.807) is 11.8 Å². The summed E-state index contributed by atoms with van der Waals surface area (Å²) in [6.07, 6.45) is -3.89. The Bertz CT molecular complexity index is 188. The highest BCUT2D eigenvalue weighted by Gasteiger charge is 2.40. The summed E-state index contributed by atoms with van der Waals surface area (Å²) in [4.78, 5) is 0. The van der Waals surface area contributed by atoms with Gasteiger partial charge in [0, 0.05) is 5.25 Å². The number of alkyl halides is 3. The van der Waals surface area contributed by atoms with E-state index in [1.165, 1.54) is 0 Å². The van der Waals surface area contributed by atoms with Crippen LogP contribution in [0.15, 0.2) is 0 Å². The van der Waals surface area contributed by atoms with E-state index in [1.807, 2.05) is 20.8 Å². The van der Waals surface area contributed by atoms with Gasteiger partial charge in [0.15, 0.2) is 0 Å². The number of thioether (sulfide) groups is 1. The molecule has 5 heteroatoms. The predicted molar refractivity (Wildman–Crippen MR) is 55.9 cm³/mol. The molecule has 90 valence electrons. The van der Waals surface area contributed by atoms with Gasteiger partial charge in [0.2, 0.25) is 0 Å². The van der Waals surface area contributed by atoms with Gasteiger partial charge in [-0.25, -0.2) is 0 Å². The third-order valence-corrected chi connectivity index (χ3v) is 3.62. The summed E-state index contributed by atoms with van der Waals surface area (Å²) in [6.45, 7) is 6.11. The van der Waals surface area contributed by atoms with Gasteiger partial charge in [-0.05, 0) is 24.0 Å². The minimum atomic E-state index is -4.49. The van der Waals surface area contributed by atoms with Crippen molar-refractivity contribution < 1.29 is 17.9 Å². The van der Waals surface area contributed by atoms with Gasteiger partial charge in [0.25, 0.3) is 0 Å². The lowest BCUT2D eigenvalue weighted by Crippen LogP contribution is -2.31. The van der Waals surface area contributed by atoms with Crippen LogP contribution in [-0.2, 0) is 4.74 Å². The summed E-state index contributed by atoms with van der Waals surface area (Å²) in [5, 5.41) is -0.0216. The van der Waals surface area contributed by atoms with Crippen LogP contribution in [0.5, 0.6) is 0 Å². The molecule has 1 fully saturated rings. The highest BCUT2D eigenvalue weighted by atomic mass is 32.2. The Kier molecular flexibility index (Phi) is 3.98. The van der Waals surface area contributed by atoms with Crippen molar-refractivity contribution in [2.75, 3.05) is 5.75 Å².